The molecular weight excluding hydrogens is 340 g/mol. The molecule has 1 N–H and O–H groups in total. The maximum atomic E-state index is 12.8. The third-order valence-electron chi connectivity index (χ3n) is 3.89. The van der Waals surface area contributed by atoms with Crippen LogP contribution in [0.4, 0.5) is 0 Å². The second-order valence-electron chi connectivity index (χ2n) is 5.64. The van der Waals surface area contributed by atoms with E-state index in [1.165, 1.54) is 18.3 Å². The molecule has 8 nitrogen and oxygen atoms in total. The number of pyridine rings is 1. The van der Waals surface area contributed by atoms with Crippen molar-refractivity contribution in [3.63, 3.8) is 0 Å². The Morgan fingerprint density at radius 2 is 2.04 bits per heavy atom. The first-order valence-corrected chi connectivity index (χ1v) is 7.94. The minimum absolute atomic E-state index is 0.110. The lowest BCUT2D eigenvalue weighted by Gasteiger charge is -2.22. The van der Waals surface area contributed by atoms with Crippen LogP contribution in [0.1, 0.15) is 26.4 Å². The van der Waals surface area contributed by atoms with Crippen molar-refractivity contribution >= 4 is 11.9 Å². The average Bonchev–Trinajstić information content (AvgIpc) is 3.12. The Balaban J connectivity index is 1.78. The van der Waals surface area contributed by atoms with Gasteiger partial charge in [-0.2, -0.15) is 0 Å². The summed E-state index contributed by atoms with van der Waals surface area (Å²) in [5, 5.41) is 8.91. The number of hydrogen-bond acceptors (Lipinski definition) is 6. The Bertz CT molecular complexity index is 806. The number of carbonyl (C=O) groups is 2. The predicted molar refractivity (Wildman–Crippen MR) is 90.4 cm³/mol. The van der Waals surface area contributed by atoms with Crippen LogP contribution in [-0.4, -0.2) is 53.9 Å². The van der Waals surface area contributed by atoms with Crippen LogP contribution in [0.25, 0.3) is 0 Å². The van der Waals surface area contributed by atoms with Crippen molar-refractivity contribution in [2.24, 2.45) is 0 Å². The monoisotopic (exact) mass is 358 g/mol. The van der Waals surface area contributed by atoms with Crippen molar-refractivity contribution < 1.29 is 28.9 Å². The van der Waals surface area contributed by atoms with Crippen molar-refractivity contribution in [1.29, 1.82) is 0 Å². The maximum absolute atomic E-state index is 12.8. The highest BCUT2D eigenvalue weighted by atomic mass is 16.7. The number of ether oxygens (including phenoxy) is 3. The van der Waals surface area contributed by atoms with Crippen LogP contribution in [0, 0.1) is 0 Å². The fraction of sp³-hybridized carbons (Fsp3) is 0.278. The molecule has 1 aliphatic heterocycles. The SMILES string of the molecule is COCCN(Cc1ccc2c(c1)OCO2)C(=O)c1ccc(C(=O)O)nc1. The molecule has 8 heteroatoms. The number of rotatable bonds is 7. The summed E-state index contributed by atoms with van der Waals surface area (Å²) in [4.78, 5) is 29.1. The summed E-state index contributed by atoms with van der Waals surface area (Å²) >= 11 is 0. The third-order valence-corrected chi connectivity index (χ3v) is 3.89. The number of carboxylic acid groups (broad SMARTS) is 1. The topological polar surface area (TPSA) is 98.2 Å². The van der Waals surface area contributed by atoms with Gasteiger partial charge in [0.25, 0.3) is 5.91 Å². The van der Waals surface area contributed by atoms with Gasteiger partial charge in [0.2, 0.25) is 6.79 Å². The number of benzene rings is 1. The number of nitrogens with zero attached hydrogens (tertiary/aromatic N) is 2. The molecule has 0 unspecified atom stereocenters. The van der Waals surface area contributed by atoms with Gasteiger partial charge in [-0.25, -0.2) is 9.78 Å². The van der Waals surface area contributed by atoms with E-state index in [4.69, 9.17) is 19.3 Å². The van der Waals surface area contributed by atoms with Crippen LogP contribution in [-0.2, 0) is 11.3 Å². The number of methoxy groups -OCH3 is 1. The molecule has 0 fully saturated rings. The molecule has 0 saturated heterocycles. The largest absolute Gasteiger partial charge is 0.477 e. The number of carbonyl (C=O) groups excluding carboxylic acids is 1. The van der Waals surface area contributed by atoms with Crippen molar-refractivity contribution in [3.8, 4) is 11.5 Å². The summed E-state index contributed by atoms with van der Waals surface area (Å²) in [6.07, 6.45) is 1.27. The predicted octanol–water partition coefficient (Wildman–Crippen LogP) is 1.80. The molecule has 2 aromatic rings. The van der Waals surface area contributed by atoms with E-state index in [0.717, 1.165) is 5.56 Å². The smallest absolute Gasteiger partial charge is 0.354 e. The third kappa shape index (κ3) is 3.92. The van der Waals surface area contributed by atoms with E-state index < -0.39 is 5.97 Å². The Kier molecular flexibility index (Phi) is 5.33. The lowest BCUT2D eigenvalue weighted by molar-refractivity contribution is 0.0670. The highest BCUT2D eigenvalue weighted by Gasteiger charge is 2.19. The van der Waals surface area contributed by atoms with E-state index in [0.29, 0.717) is 36.8 Å². The molecular formula is C18H18N2O6. The summed E-state index contributed by atoms with van der Waals surface area (Å²) in [6.45, 7) is 1.29. The van der Waals surface area contributed by atoms with E-state index in [2.05, 4.69) is 4.98 Å². The fourth-order valence-corrected chi connectivity index (χ4v) is 2.54. The normalized spacial score (nSPS) is 12.0. The van der Waals surface area contributed by atoms with Crippen LogP contribution in [0.2, 0.25) is 0 Å². The van der Waals surface area contributed by atoms with Crippen LogP contribution in [0.15, 0.2) is 36.5 Å². The Morgan fingerprint density at radius 3 is 2.73 bits per heavy atom. The van der Waals surface area contributed by atoms with Gasteiger partial charge >= 0.3 is 5.97 Å². The molecule has 136 valence electrons. The van der Waals surface area contributed by atoms with Crippen molar-refractivity contribution in [2.45, 2.75) is 6.54 Å². The van der Waals surface area contributed by atoms with Gasteiger partial charge < -0.3 is 24.2 Å². The van der Waals surface area contributed by atoms with Gasteiger partial charge in [0.15, 0.2) is 11.5 Å². The van der Waals surface area contributed by atoms with Gasteiger partial charge in [-0.3, -0.25) is 4.79 Å². The minimum atomic E-state index is -1.14. The standard InChI is InChI=1S/C18H18N2O6/c1-24-7-6-20(10-12-2-5-15-16(8-12)26-11-25-15)17(21)13-3-4-14(18(22)23)19-9-13/h2-5,8-9H,6-7,10-11H2,1H3,(H,22,23). The lowest BCUT2D eigenvalue weighted by Crippen LogP contribution is -2.33. The molecule has 0 saturated carbocycles. The van der Waals surface area contributed by atoms with Gasteiger partial charge in [-0.1, -0.05) is 6.07 Å². The summed E-state index contributed by atoms with van der Waals surface area (Å²) in [7, 11) is 1.56. The number of fused-ring (bicyclic) bond motifs is 1. The molecule has 0 radical (unpaired) electrons. The molecule has 0 atom stereocenters. The van der Waals surface area contributed by atoms with Gasteiger partial charge in [-0.15, -0.1) is 0 Å². The minimum Gasteiger partial charge on any atom is -0.477 e. The van der Waals surface area contributed by atoms with E-state index >= 15 is 0 Å². The number of aromatic carboxylic acids is 1. The number of carboxylic acids is 1. The zero-order valence-electron chi connectivity index (χ0n) is 14.2. The summed E-state index contributed by atoms with van der Waals surface area (Å²) in [5.74, 6) is -0.0733. The molecule has 1 aromatic carbocycles. The van der Waals surface area contributed by atoms with Crippen molar-refractivity contribution in [3.05, 3.63) is 53.3 Å². The molecule has 26 heavy (non-hydrogen) atoms. The molecule has 1 aromatic heterocycles. The number of aromatic nitrogens is 1. The first-order chi connectivity index (χ1) is 12.6. The second kappa shape index (κ2) is 7.83. The van der Waals surface area contributed by atoms with Crippen molar-refractivity contribution in [1.82, 2.24) is 9.88 Å². The lowest BCUT2D eigenvalue weighted by atomic mass is 10.1. The van der Waals surface area contributed by atoms with Gasteiger partial charge in [0, 0.05) is 26.4 Å². The number of hydrogen-bond donors (Lipinski definition) is 1. The quantitative estimate of drug-likeness (QED) is 0.806. The molecule has 2 heterocycles. The molecule has 0 spiro atoms. The van der Waals surface area contributed by atoms with Crippen LogP contribution >= 0.6 is 0 Å². The Hall–Kier alpha value is -3.13. The van der Waals surface area contributed by atoms with E-state index in [9.17, 15) is 9.59 Å². The Morgan fingerprint density at radius 1 is 1.23 bits per heavy atom. The zero-order valence-corrected chi connectivity index (χ0v) is 14.2. The average molecular weight is 358 g/mol. The van der Waals surface area contributed by atoms with E-state index in [1.807, 2.05) is 12.1 Å². The van der Waals surface area contributed by atoms with E-state index in [1.54, 1.807) is 18.1 Å². The van der Waals surface area contributed by atoms with Gasteiger partial charge in [0.1, 0.15) is 5.69 Å². The number of amides is 1. The van der Waals surface area contributed by atoms with Crippen LogP contribution in [0.5, 0.6) is 11.5 Å². The molecule has 0 aliphatic carbocycles. The van der Waals surface area contributed by atoms with Crippen molar-refractivity contribution in [2.75, 3.05) is 27.1 Å². The molecule has 3 rings (SSSR count). The molecule has 1 aliphatic rings. The van der Waals surface area contributed by atoms with Gasteiger partial charge in [0.05, 0.1) is 12.2 Å². The highest BCUT2D eigenvalue weighted by Crippen LogP contribution is 2.32. The Labute approximate surface area is 149 Å². The van der Waals surface area contributed by atoms with Crippen LogP contribution < -0.4 is 9.47 Å². The highest BCUT2D eigenvalue weighted by molar-refractivity contribution is 5.94. The zero-order chi connectivity index (χ0) is 18.5. The van der Waals surface area contributed by atoms with Gasteiger partial charge in [-0.05, 0) is 29.8 Å². The fourth-order valence-electron chi connectivity index (χ4n) is 2.54. The second-order valence-corrected chi connectivity index (χ2v) is 5.64. The summed E-state index contributed by atoms with van der Waals surface area (Å²) < 4.78 is 15.7. The maximum Gasteiger partial charge on any atom is 0.354 e. The van der Waals surface area contributed by atoms with Crippen LogP contribution in [0.3, 0.4) is 0 Å². The first kappa shape index (κ1) is 17.7. The molecule has 0 bridgehead atoms. The molecule has 1 amide bonds. The summed E-state index contributed by atoms with van der Waals surface area (Å²) in [5.41, 5.74) is 1.08. The summed E-state index contributed by atoms with van der Waals surface area (Å²) in [6, 6.07) is 8.27. The van der Waals surface area contributed by atoms with E-state index in [-0.39, 0.29) is 18.4 Å². The first-order valence-electron chi connectivity index (χ1n) is 7.94.